The summed E-state index contributed by atoms with van der Waals surface area (Å²) in [5, 5.41) is 12.4. The number of nitrogens with zero attached hydrogens (tertiary/aromatic N) is 4. The molecule has 11 nitrogen and oxygen atoms in total. The maximum Gasteiger partial charge on any atom is 0.333 e. The number of carbonyl (C=O) groups excluding carboxylic acids is 3. The predicted octanol–water partition coefficient (Wildman–Crippen LogP) is 2.82. The molecule has 3 amide bonds. The lowest BCUT2D eigenvalue weighted by molar-refractivity contribution is -0.138. The van der Waals surface area contributed by atoms with Crippen molar-refractivity contribution in [2.75, 3.05) is 58.8 Å². The molecular formula is C29H39N7O4. The largest absolute Gasteiger partial charge is 0.379 e. The van der Waals surface area contributed by atoms with Crippen LogP contribution in [0.3, 0.4) is 0 Å². The third-order valence-electron chi connectivity index (χ3n) is 9.02. The number of aromatic amines is 1. The van der Waals surface area contributed by atoms with Crippen molar-refractivity contribution in [2.24, 2.45) is 5.92 Å². The maximum atomic E-state index is 13.7. The fourth-order valence-corrected chi connectivity index (χ4v) is 6.77. The molecule has 2 aromatic rings. The van der Waals surface area contributed by atoms with Crippen molar-refractivity contribution in [1.29, 1.82) is 0 Å². The van der Waals surface area contributed by atoms with E-state index in [2.05, 4.69) is 39.9 Å². The Balaban J connectivity index is 1.12. The zero-order valence-electron chi connectivity index (χ0n) is 23.4. The first kappa shape index (κ1) is 26.9. The maximum absolute atomic E-state index is 13.7. The van der Waals surface area contributed by atoms with E-state index in [1.54, 1.807) is 11.1 Å². The summed E-state index contributed by atoms with van der Waals surface area (Å²) in [6.07, 6.45) is 5.74. The van der Waals surface area contributed by atoms with Gasteiger partial charge in [0.2, 0.25) is 5.91 Å². The number of ether oxygens (including phenoxy) is 1. The molecule has 4 aliphatic rings. The predicted molar refractivity (Wildman–Crippen MR) is 150 cm³/mol. The first-order chi connectivity index (χ1) is 19.4. The van der Waals surface area contributed by atoms with E-state index in [1.807, 2.05) is 17.0 Å². The van der Waals surface area contributed by atoms with Gasteiger partial charge in [0.25, 0.3) is 0 Å². The van der Waals surface area contributed by atoms with Gasteiger partial charge in [-0.1, -0.05) is 18.6 Å². The van der Waals surface area contributed by atoms with Gasteiger partial charge in [-0.25, -0.2) is 9.80 Å². The second-order valence-electron chi connectivity index (χ2n) is 11.7. The van der Waals surface area contributed by atoms with Gasteiger partial charge in [-0.05, 0) is 52.3 Å². The van der Waals surface area contributed by atoms with Gasteiger partial charge in [0.1, 0.15) is 0 Å². The summed E-state index contributed by atoms with van der Waals surface area (Å²) in [4.78, 5) is 44.0. The Morgan fingerprint density at radius 2 is 1.82 bits per heavy atom. The molecule has 3 fully saturated rings. The molecule has 3 heterocycles. The number of fused-ring (bicyclic) bond motifs is 3. The molecule has 2 atom stereocenters. The van der Waals surface area contributed by atoms with Gasteiger partial charge in [-0.2, -0.15) is 5.10 Å². The van der Waals surface area contributed by atoms with E-state index in [0.29, 0.717) is 67.9 Å². The lowest BCUT2D eigenvalue weighted by Crippen LogP contribution is -2.49. The van der Waals surface area contributed by atoms with E-state index in [0.717, 1.165) is 49.8 Å². The highest BCUT2D eigenvalue weighted by molar-refractivity contribution is 6.25. The van der Waals surface area contributed by atoms with Crippen LogP contribution < -0.4 is 10.7 Å². The molecule has 2 saturated heterocycles. The SMILES string of the molecule is CN(C)C1CCCC(C(=O)N2CCC(c3n[nH]c4c3C(=O)c3c(NC(=O)NN5CCOCC5)cccc3-4)CC2)C1. The lowest BCUT2D eigenvalue weighted by Gasteiger charge is -2.38. The topological polar surface area (TPSA) is 123 Å². The molecule has 6 rings (SSSR count). The molecule has 1 aromatic carbocycles. The summed E-state index contributed by atoms with van der Waals surface area (Å²) in [6, 6.07) is 5.57. The minimum atomic E-state index is -0.385. The number of benzene rings is 1. The minimum absolute atomic E-state index is 0.101. The number of hydrazine groups is 1. The molecule has 40 heavy (non-hydrogen) atoms. The molecule has 3 N–H and O–H groups in total. The highest BCUT2D eigenvalue weighted by Gasteiger charge is 2.39. The summed E-state index contributed by atoms with van der Waals surface area (Å²) >= 11 is 0. The Kier molecular flexibility index (Phi) is 7.61. The molecule has 214 valence electrons. The average Bonchev–Trinajstić information content (AvgIpc) is 3.53. The zero-order chi connectivity index (χ0) is 27.8. The number of amides is 3. The standard InChI is InChI=1S/C29H39N7O4/c1-34(2)20-6-3-5-19(17-20)28(38)35-11-9-18(10-12-35)25-24-26(32-31-25)21-7-4-8-22(23(21)27(24)37)30-29(39)33-36-13-15-40-16-14-36/h4,7-8,18-20H,3,5-6,9-17H2,1-2H3,(H,31,32)(H2,30,33,39). The number of aromatic nitrogens is 2. The number of nitrogens with one attached hydrogen (secondary N) is 3. The third-order valence-corrected chi connectivity index (χ3v) is 9.02. The summed E-state index contributed by atoms with van der Waals surface area (Å²) in [5.41, 5.74) is 6.64. The van der Waals surface area contributed by atoms with Gasteiger partial charge < -0.3 is 19.9 Å². The number of piperidine rings is 1. The first-order valence-electron chi connectivity index (χ1n) is 14.5. The van der Waals surface area contributed by atoms with Gasteiger partial charge in [0.05, 0.1) is 41.4 Å². The summed E-state index contributed by atoms with van der Waals surface area (Å²) in [5.74, 6) is 0.372. The summed E-state index contributed by atoms with van der Waals surface area (Å²) < 4.78 is 5.33. The Bertz CT molecular complexity index is 1280. The van der Waals surface area contributed by atoms with Crippen LogP contribution >= 0.6 is 0 Å². The summed E-state index contributed by atoms with van der Waals surface area (Å²) in [6.45, 7) is 3.72. The van der Waals surface area contributed by atoms with Gasteiger partial charge in [0.15, 0.2) is 5.78 Å². The second kappa shape index (κ2) is 11.3. The van der Waals surface area contributed by atoms with Crippen LogP contribution in [0.5, 0.6) is 0 Å². The van der Waals surface area contributed by atoms with Crippen molar-refractivity contribution in [2.45, 2.75) is 50.5 Å². The number of rotatable bonds is 5. The molecule has 11 heteroatoms. The number of hydrogen-bond donors (Lipinski definition) is 3. The van der Waals surface area contributed by atoms with E-state index in [9.17, 15) is 14.4 Å². The fraction of sp³-hybridized carbons (Fsp3) is 0.586. The molecule has 2 aliphatic carbocycles. The van der Waals surface area contributed by atoms with Gasteiger partial charge >= 0.3 is 6.03 Å². The molecule has 0 bridgehead atoms. The van der Waals surface area contributed by atoms with Crippen molar-refractivity contribution < 1.29 is 19.1 Å². The van der Waals surface area contributed by atoms with Gasteiger partial charge in [-0.15, -0.1) is 0 Å². The van der Waals surface area contributed by atoms with Crippen molar-refractivity contribution >= 4 is 23.4 Å². The second-order valence-corrected chi connectivity index (χ2v) is 11.7. The van der Waals surface area contributed by atoms with E-state index >= 15 is 0 Å². The Morgan fingerprint density at radius 1 is 1.05 bits per heavy atom. The zero-order valence-corrected chi connectivity index (χ0v) is 23.4. The van der Waals surface area contributed by atoms with Crippen molar-refractivity contribution in [3.63, 3.8) is 0 Å². The highest BCUT2D eigenvalue weighted by Crippen LogP contribution is 2.43. The number of H-pyrrole nitrogens is 1. The smallest absolute Gasteiger partial charge is 0.333 e. The normalized spacial score (nSPS) is 23.7. The van der Waals surface area contributed by atoms with E-state index in [1.165, 1.54) is 0 Å². The quantitative estimate of drug-likeness (QED) is 0.447. The van der Waals surface area contributed by atoms with Crippen LogP contribution in [0.15, 0.2) is 18.2 Å². The number of urea groups is 1. The van der Waals surface area contributed by atoms with Crippen LogP contribution in [-0.4, -0.2) is 102 Å². The van der Waals surface area contributed by atoms with E-state index in [4.69, 9.17) is 4.74 Å². The fourth-order valence-electron chi connectivity index (χ4n) is 6.77. The molecular weight excluding hydrogens is 510 g/mol. The van der Waals surface area contributed by atoms with E-state index in [-0.39, 0.29) is 29.6 Å². The highest BCUT2D eigenvalue weighted by atomic mass is 16.5. The number of morpholine rings is 1. The molecule has 0 spiro atoms. The first-order valence-corrected chi connectivity index (χ1v) is 14.5. The van der Waals surface area contributed by atoms with Crippen LogP contribution in [0.1, 0.15) is 66.1 Å². The summed E-state index contributed by atoms with van der Waals surface area (Å²) in [7, 11) is 4.20. The third kappa shape index (κ3) is 5.13. The lowest BCUT2D eigenvalue weighted by atomic mass is 9.83. The van der Waals surface area contributed by atoms with Crippen LogP contribution in [0.4, 0.5) is 10.5 Å². The number of carbonyl (C=O) groups is 3. The monoisotopic (exact) mass is 549 g/mol. The Hall–Kier alpha value is -3.28. The van der Waals surface area contributed by atoms with Crippen LogP contribution in [0.2, 0.25) is 0 Å². The molecule has 1 aromatic heterocycles. The minimum Gasteiger partial charge on any atom is -0.379 e. The number of anilines is 1. The van der Waals surface area contributed by atoms with Gasteiger partial charge in [-0.3, -0.25) is 20.1 Å². The van der Waals surface area contributed by atoms with E-state index < -0.39 is 0 Å². The Labute approximate surface area is 234 Å². The number of hydrogen-bond acceptors (Lipinski definition) is 7. The average molecular weight is 550 g/mol. The molecule has 1 saturated carbocycles. The molecule has 2 unspecified atom stereocenters. The Morgan fingerprint density at radius 3 is 2.58 bits per heavy atom. The van der Waals surface area contributed by atoms with Crippen LogP contribution in [-0.2, 0) is 9.53 Å². The van der Waals surface area contributed by atoms with Gasteiger partial charge in [0, 0.05) is 49.6 Å². The molecule has 0 radical (unpaired) electrons. The van der Waals surface area contributed by atoms with Crippen molar-refractivity contribution in [3.05, 3.63) is 35.0 Å². The number of ketones is 1. The van der Waals surface area contributed by atoms with Crippen LogP contribution in [0, 0.1) is 5.92 Å². The van der Waals surface area contributed by atoms with Crippen molar-refractivity contribution in [1.82, 2.24) is 30.4 Å². The molecule has 2 aliphatic heterocycles. The number of likely N-dealkylation sites (tertiary alicyclic amines) is 1. The van der Waals surface area contributed by atoms with Crippen LogP contribution in [0.25, 0.3) is 11.3 Å². The van der Waals surface area contributed by atoms with Crippen molar-refractivity contribution in [3.8, 4) is 11.3 Å².